The number of carbonyl (C=O) groups is 2. The van der Waals surface area contributed by atoms with Crippen molar-refractivity contribution >= 4 is 34.5 Å². The van der Waals surface area contributed by atoms with Crippen LogP contribution in [-0.2, 0) is 9.47 Å². The molecule has 7 heteroatoms. The predicted molar refractivity (Wildman–Crippen MR) is 66.7 cm³/mol. The molecule has 17 heavy (non-hydrogen) atoms. The van der Waals surface area contributed by atoms with Crippen molar-refractivity contribution in [2.75, 3.05) is 13.2 Å². The highest BCUT2D eigenvalue weighted by molar-refractivity contribution is 14.1. The molecule has 0 amide bonds. The summed E-state index contributed by atoms with van der Waals surface area (Å²) in [5, 5.41) is 7.38. The van der Waals surface area contributed by atoms with Gasteiger partial charge in [0.1, 0.15) is 3.70 Å². The van der Waals surface area contributed by atoms with Gasteiger partial charge in [-0.1, -0.05) is 0 Å². The van der Waals surface area contributed by atoms with Gasteiger partial charge in [0.2, 0.25) is 0 Å². The normalized spacial score (nSPS) is 9.82. The molecule has 0 spiro atoms. The zero-order chi connectivity index (χ0) is 12.8. The number of carbonyl (C=O) groups excluding carboxylic acids is 2. The molecule has 0 atom stereocenters. The maximum Gasteiger partial charge on any atom is 0.358 e. The van der Waals surface area contributed by atoms with Crippen molar-refractivity contribution in [2.24, 2.45) is 0 Å². The van der Waals surface area contributed by atoms with Gasteiger partial charge in [-0.15, -0.1) is 10.2 Å². The quantitative estimate of drug-likeness (QED) is 0.604. The average molecular weight is 350 g/mol. The molecule has 0 N–H and O–H groups in total. The molecule has 0 saturated carbocycles. The number of hydrogen-bond donors (Lipinski definition) is 0. The molecule has 1 heterocycles. The monoisotopic (exact) mass is 350 g/mol. The van der Waals surface area contributed by atoms with Crippen LogP contribution < -0.4 is 0 Å². The van der Waals surface area contributed by atoms with E-state index in [9.17, 15) is 9.59 Å². The molecular formula is C10H11IN2O4. The first-order valence-electron chi connectivity index (χ1n) is 4.97. The lowest BCUT2D eigenvalue weighted by Crippen LogP contribution is -2.14. The van der Waals surface area contributed by atoms with Crippen molar-refractivity contribution in [3.05, 3.63) is 21.0 Å². The second kappa shape index (κ2) is 6.48. The first-order chi connectivity index (χ1) is 8.10. The summed E-state index contributed by atoms with van der Waals surface area (Å²) in [6.07, 6.45) is 0. The van der Waals surface area contributed by atoms with Gasteiger partial charge in [-0.2, -0.15) is 0 Å². The number of aromatic nitrogens is 2. The minimum Gasteiger partial charge on any atom is -0.462 e. The summed E-state index contributed by atoms with van der Waals surface area (Å²) in [5.41, 5.74) is 0.209. The van der Waals surface area contributed by atoms with Crippen LogP contribution in [0, 0.1) is 3.70 Å². The molecule has 0 bridgehead atoms. The van der Waals surface area contributed by atoms with E-state index >= 15 is 0 Å². The van der Waals surface area contributed by atoms with E-state index < -0.39 is 11.9 Å². The van der Waals surface area contributed by atoms with Crippen LogP contribution in [0.1, 0.15) is 34.7 Å². The summed E-state index contributed by atoms with van der Waals surface area (Å²) in [7, 11) is 0. The van der Waals surface area contributed by atoms with E-state index in [1.165, 1.54) is 6.07 Å². The third-order valence-corrected chi connectivity index (χ3v) is 2.53. The Morgan fingerprint density at radius 2 is 1.76 bits per heavy atom. The van der Waals surface area contributed by atoms with E-state index in [0.717, 1.165) is 0 Å². The van der Waals surface area contributed by atoms with Gasteiger partial charge in [-0.05, 0) is 42.5 Å². The summed E-state index contributed by atoms with van der Waals surface area (Å²) in [4.78, 5) is 23.0. The van der Waals surface area contributed by atoms with Crippen LogP contribution in [0.15, 0.2) is 6.07 Å². The van der Waals surface area contributed by atoms with Crippen LogP contribution in [0.2, 0.25) is 0 Å². The molecule has 1 aromatic heterocycles. The average Bonchev–Trinajstić information content (AvgIpc) is 2.30. The third kappa shape index (κ3) is 3.62. The minimum atomic E-state index is -0.609. The number of esters is 2. The van der Waals surface area contributed by atoms with Gasteiger partial charge >= 0.3 is 11.9 Å². The number of hydrogen-bond acceptors (Lipinski definition) is 6. The molecule has 0 unspecified atom stereocenters. The van der Waals surface area contributed by atoms with Crippen LogP contribution in [0.3, 0.4) is 0 Å². The lowest BCUT2D eigenvalue weighted by molar-refractivity contribution is 0.0516. The van der Waals surface area contributed by atoms with Gasteiger partial charge in [0.15, 0.2) is 5.69 Å². The maximum absolute atomic E-state index is 11.6. The van der Waals surface area contributed by atoms with Gasteiger partial charge in [-0.25, -0.2) is 9.59 Å². The Bertz CT molecular complexity index is 436. The molecule has 0 radical (unpaired) electrons. The largest absolute Gasteiger partial charge is 0.462 e. The first-order valence-corrected chi connectivity index (χ1v) is 6.05. The Kier molecular flexibility index (Phi) is 5.26. The highest BCUT2D eigenvalue weighted by Crippen LogP contribution is 2.11. The summed E-state index contributed by atoms with van der Waals surface area (Å²) in [6, 6.07) is 1.32. The van der Waals surface area contributed by atoms with E-state index in [2.05, 4.69) is 10.2 Å². The SMILES string of the molecule is CCOC(=O)c1cc(C(=O)OCC)c(I)nn1. The lowest BCUT2D eigenvalue weighted by atomic mass is 10.2. The molecule has 0 fully saturated rings. The van der Waals surface area contributed by atoms with Crippen molar-refractivity contribution in [1.82, 2.24) is 10.2 Å². The van der Waals surface area contributed by atoms with Gasteiger partial charge in [0, 0.05) is 0 Å². The lowest BCUT2D eigenvalue weighted by Gasteiger charge is -2.05. The molecule has 1 aromatic rings. The van der Waals surface area contributed by atoms with Gasteiger partial charge in [-0.3, -0.25) is 0 Å². The number of halogens is 1. The van der Waals surface area contributed by atoms with Crippen molar-refractivity contribution < 1.29 is 19.1 Å². The predicted octanol–water partition coefficient (Wildman–Crippen LogP) is 1.43. The van der Waals surface area contributed by atoms with E-state index in [1.807, 2.05) is 22.6 Å². The topological polar surface area (TPSA) is 78.4 Å². The second-order valence-corrected chi connectivity index (χ2v) is 3.90. The van der Waals surface area contributed by atoms with Crippen molar-refractivity contribution in [3.63, 3.8) is 0 Å². The molecule has 1 rings (SSSR count). The molecular weight excluding hydrogens is 339 g/mol. The summed E-state index contributed by atoms with van der Waals surface area (Å²) < 4.78 is 9.99. The molecule has 0 aromatic carbocycles. The Labute approximate surface area is 112 Å². The van der Waals surface area contributed by atoms with Crippen molar-refractivity contribution in [2.45, 2.75) is 13.8 Å². The fraction of sp³-hybridized carbons (Fsp3) is 0.400. The molecule has 0 saturated heterocycles. The van der Waals surface area contributed by atoms with Crippen LogP contribution in [-0.4, -0.2) is 35.3 Å². The molecule has 0 aliphatic heterocycles. The van der Waals surface area contributed by atoms with Gasteiger partial charge in [0.25, 0.3) is 0 Å². The van der Waals surface area contributed by atoms with Crippen molar-refractivity contribution in [3.8, 4) is 0 Å². The molecule has 0 aliphatic carbocycles. The zero-order valence-electron chi connectivity index (χ0n) is 9.40. The van der Waals surface area contributed by atoms with Crippen LogP contribution in [0.25, 0.3) is 0 Å². The number of ether oxygens (including phenoxy) is 2. The van der Waals surface area contributed by atoms with E-state index in [-0.39, 0.29) is 24.5 Å². The second-order valence-electron chi connectivity index (χ2n) is 2.88. The minimum absolute atomic E-state index is 0.00433. The van der Waals surface area contributed by atoms with Gasteiger partial charge in [0.05, 0.1) is 18.8 Å². The van der Waals surface area contributed by atoms with E-state index in [4.69, 9.17) is 9.47 Å². The maximum atomic E-state index is 11.6. The van der Waals surface area contributed by atoms with E-state index in [0.29, 0.717) is 3.70 Å². The fourth-order valence-electron chi connectivity index (χ4n) is 1.03. The highest BCUT2D eigenvalue weighted by Gasteiger charge is 2.18. The number of nitrogens with zero attached hydrogens (tertiary/aromatic N) is 2. The Balaban J connectivity index is 3.02. The standard InChI is InChI=1S/C10H11IN2O4/c1-3-16-9(14)6-5-7(10(15)17-4-2)12-13-8(6)11/h5H,3-4H2,1-2H3. The Hall–Kier alpha value is -1.25. The summed E-state index contributed by atoms with van der Waals surface area (Å²) >= 11 is 1.85. The van der Waals surface area contributed by atoms with Crippen LogP contribution in [0.4, 0.5) is 0 Å². The van der Waals surface area contributed by atoms with E-state index in [1.54, 1.807) is 13.8 Å². The highest BCUT2D eigenvalue weighted by atomic mass is 127. The zero-order valence-corrected chi connectivity index (χ0v) is 11.6. The summed E-state index contributed by atoms with van der Waals surface area (Å²) in [6.45, 7) is 3.88. The van der Waals surface area contributed by atoms with Gasteiger partial charge < -0.3 is 9.47 Å². The molecule has 0 aliphatic rings. The molecule has 6 nitrogen and oxygen atoms in total. The first kappa shape index (κ1) is 13.8. The molecule has 92 valence electrons. The number of rotatable bonds is 4. The third-order valence-electron chi connectivity index (χ3n) is 1.73. The van der Waals surface area contributed by atoms with Crippen LogP contribution >= 0.6 is 22.6 Å². The smallest absolute Gasteiger partial charge is 0.358 e. The van der Waals surface area contributed by atoms with Crippen LogP contribution in [0.5, 0.6) is 0 Å². The Morgan fingerprint density at radius 1 is 1.18 bits per heavy atom. The fourth-order valence-corrected chi connectivity index (χ4v) is 1.52. The van der Waals surface area contributed by atoms with Crippen molar-refractivity contribution in [1.29, 1.82) is 0 Å². The summed E-state index contributed by atoms with van der Waals surface area (Å²) in [5.74, 6) is -1.14. The Morgan fingerprint density at radius 3 is 2.35 bits per heavy atom.